The molecule has 4 heteroatoms. The summed E-state index contributed by atoms with van der Waals surface area (Å²) in [5.41, 5.74) is 3.39. The lowest BCUT2D eigenvalue weighted by atomic mass is 10.1. The van der Waals surface area contributed by atoms with Gasteiger partial charge in [-0.15, -0.1) is 0 Å². The van der Waals surface area contributed by atoms with Gasteiger partial charge < -0.3 is 10.1 Å². The number of amides is 1. The van der Waals surface area contributed by atoms with E-state index in [4.69, 9.17) is 4.74 Å². The average molecular weight is 399 g/mol. The smallest absolute Gasteiger partial charge is 0.275 e. The van der Waals surface area contributed by atoms with E-state index in [1.807, 2.05) is 95.9 Å². The van der Waals surface area contributed by atoms with Crippen molar-refractivity contribution in [2.75, 3.05) is 16.8 Å². The third kappa shape index (κ3) is 4.38. The van der Waals surface area contributed by atoms with E-state index in [1.165, 1.54) is 0 Å². The number of nitrogens with one attached hydrogen (secondary N) is 1. The van der Waals surface area contributed by atoms with Gasteiger partial charge >= 0.3 is 0 Å². The molecular weight excluding hydrogens is 372 g/mol. The molecule has 30 heavy (non-hydrogen) atoms. The van der Waals surface area contributed by atoms with Crippen molar-refractivity contribution in [1.82, 2.24) is 0 Å². The van der Waals surface area contributed by atoms with Gasteiger partial charge in [0.05, 0.1) is 12.6 Å². The summed E-state index contributed by atoms with van der Waals surface area (Å²) in [6, 6.07) is 27.4. The first-order valence-electron chi connectivity index (χ1n) is 10.4. The Morgan fingerprint density at radius 2 is 1.57 bits per heavy atom. The van der Waals surface area contributed by atoms with Gasteiger partial charge in [0.1, 0.15) is 11.4 Å². The summed E-state index contributed by atoms with van der Waals surface area (Å²) < 4.78 is 5.79. The summed E-state index contributed by atoms with van der Waals surface area (Å²) in [4.78, 5) is 15.1. The molecule has 0 bridgehead atoms. The van der Waals surface area contributed by atoms with Gasteiger partial charge in [0.2, 0.25) is 0 Å². The summed E-state index contributed by atoms with van der Waals surface area (Å²) in [5, 5.41) is 3.28. The first kappa shape index (κ1) is 19.8. The minimum absolute atomic E-state index is 0.0432. The molecule has 0 aromatic heterocycles. The number of rotatable bonds is 8. The van der Waals surface area contributed by atoms with Gasteiger partial charge in [-0.3, -0.25) is 9.69 Å². The van der Waals surface area contributed by atoms with Gasteiger partial charge in [0.15, 0.2) is 0 Å². The van der Waals surface area contributed by atoms with E-state index in [1.54, 1.807) is 0 Å². The number of ether oxygens (including phenoxy) is 1. The predicted octanol–water partition coefficient (Wildman–Crippen LogP) is 5.95. The molecule has 3 aromatic carbocycles. The molecule has 1 amide bonds. The molecular formula is C26H26N2O2. The van der Waals surface area contributed by atoms with E-state index < -0.39 is 0 Å². The second-order valence-corrected chi connectivity index (χ2v) is 7.30. The normalized spacial score (nSPS) is 15.8. The average Bonchev–Trinajstić information content (AvgIpc) is 3.11. The zero-order valence-corrected chi connectivity index (χ0v) is 17.1. The maximum atomic E-state index is 13.3. The van der Waals surface area contributed by atoms with Crippen LogP contribution in [-0.4, -0.2) is 12.5 Å². The lowest BCUT2D eigenvalue weighted by Crippen LogP contribution is -2.30. The predicted molar refractivity (Wildman–Crippen MR) is 122 cm³/mol. The first-order chi connectivity index (χ1) is 14.8. The standard InChI is InChI=1S/C26H26N2O2/c1-2-3-18-30-23-16-14-20(15-17-23)25-19-24(27-21-10-6-4-7-11-21)26(29)28(25)22-12-8-5-9-13-22/h4-17,19,25,27H,2-3,18H2,1H3/t25-/m0/s1. The molecule has 0 saturated heterocycles. The number of carbonyl (C=O) groups is 1. The number of anilines is 2. The Morgan fingerprint density at radius 3 is 2.23 bits per heavy atom. The highest BCUT2D eigenvalue weighted by Crippen LogP contribution is 2.36. The van der Waals surface area contributed by atoms with Gasteiger partial charge in [-0.1, -0.05) is 61.9 Å². The number of hydrogen-bond donors (Lipinski definition) is 1. The minimum atomic E-state index is -0.184. The molecule has 1 heterocycles. The monoisotopic (exact) mass is 398 g/mol. The first-order valence-corrected chi connectivity index (χ1v) is 10.4. The maximum Gasteiger partial charge on any atom is 0.275 e. The molecule has 3 aromatic rings. The summed E-state index contributed by atoms with van der Waals surface area (Å²) in [6.45, 7) is 2.87. The van der Waals surface area contributed by atoms with Gasteiger partial charge in [-0.2, -0.15) is 0 Å². The fraction of sp³-hybridized carbons (Fsp3) is 0.192. The number of hydrogen-bond acceptors (Lipinski definition) is 3. The van der Waals surface area contributed by atoms with Crippen LogP contribution in [-0.2, 0) is 4.79 Å². The Kier molecular flexibility index (Phi) is 6.14. The van der Waals surface area contributed by atoms with Crippen LogP contribution >= 0.6 is 0 Å². The van der Waals surface area contributed by atoms with Crippen molar-refractivity contribution in [3.63, 3.8) is 0 Å². The molecule has 1 atom stereocenters. The third-order valence-electron chi connectivity index (χ3n) is 5.13. The molecule has 0 fully saturated rings. The fourth-order valence-corrected chi connectivity index (χ4v) is 3.54. The van der Waals surface area contributed by atoms with Crippen molar-refractivity contribution in [3.05, 3.63) is 102 Å². The van der Waals surface area contributed by atoms with Crippen LogP contribution < -0.4 is 15.0 Å². The summed E-state index contributed by atoms with van der Waals surface area (Å²) >= 11 is 0. The van der Waals surface area contributed by atoms with E-state index in [-0.39, 0.29) is 11.9 Å². The Balaban J connectivity index is 1.62. The third-order valence-corrected chi connectivity index (χ3v) is 5.13. The Labute approximate surface area is 177 Å². The highest BCUT2D eigenvalue weighted by atomic mass is 16.5. The van der Waals surface area contributed by atoms with Crippen molar-refractivity contribution in [2.45, 2.75) is 25.8 Å². The van der Waals surface area contributed by atoms with Crippen LogP contribution in [0.15, 0.2) is 96.7 Å². The summed E-state index contributed by atoms with van der Waals surface area (Å²) in [6.07, 6.45) is 4.14. The molecule has 1 aliphatic rings. The van der Waals surface area contributed by atoms with Gasteiger partial charge in [-0.05, 0) is 54.5 Å². The topological polar surface area (TPSA) is 41.6 Å². The van der Waals surface area contributed by atoms with E-state index >= 15 is 0 Å². The second-order valence-electron chi connectivity index (χ2n) is 7.30. The van der Waals surface area contributed by atoms with E-state index in [0.29, 0.717) is 5.70 Å². The number of benzene rings is 3. The van der Waals surface area contributed by atoms with Crippen LogP contribution in [0.5, 0.6) is 5.75 Å². The van der Waals surface area contributed by atoms with Crippen LogP contribution in [0.4, 0.5) is 11.4 Å². The van der Waals surface area contributed by atoms with Crippen molar-refractivity contribution >= 4 is 17.3 Å². The van der Waals surface area contributed by atoms with Crippen molar-refractivity contribution in [2.24, 2.45) is 0 Å². The Morgan fingerprint density at radius 1 is 0.900 bits per heavy atom. The molecule has 1 aliphatic heterocycles. The molecule has 4 nitrogen and oxygen atoms in total. The SMILES string of the molecule is CCCCOc1ccc([C@@H]2C=C(Nc3ccccc3)C(=O)N2c2ccccc2)cc1. The van der Waals surface area contributed by atoms with E-state index in [2.05, 4.69) is 12.2 Å². The summed E-state index contributed by atoms with van der Waals surface area (Å²) in [5.74, 6) is 0.813. The molecule has 152 valence electrons. The van der Waals surface area contributed by atoms with Gasteiger partial charge in [0.25, 0.3) is 5.91 Å². The van der Waals surface area contributed by atoms with E-state index in [0.717, 1.165) is 42.1 Å². The van der Waals surface area contributed by atoms with Crippen LogP contribution in [0.1, 0.15) is 31.4 Å². The number of unbranched alkanes of at least 4 members (excludes halogenated alkanes) is 1. The van der Waals surface area contributed by atoms with Gasteiger partial charge in [-0.25, -0.2) is 0 Å². The van der Waals surface area contributed by atoms with Crippen LogP contribution in [0.2, 0.25) is 0 Å². The largest absolute Gasteiger partial charge is 0.494 e. The highest BCUT2D eigenvalue weighted by Gasteiger charge is 2.34. The maximum absolute atomic E-state index is 13.3. The lowest BCUT2D eigenvalue weighted by Gasteiger charge is -2.25. The van der Waals surface area contributed by atoms with Crippen LogP contribution in [0.25, 0.3) is 0 Å². The lowest BCUT2D eigenvalue weighted by molar-refractivity contribution is -0.114. The Hall–Kier alpha value is -3.53. The quantitative estimate of drug-likeness (QED) is 0.477. The number of carbonyl (C=O) groups excluding carboxylic acids is 1. The van der Waals surface area contributed by atoms with E-state index in [9.17, 15) is 4.79 Å². The number of nitrogens with zero attached hydrogens (tertiary/aromatic N) is 1. The highest BCUT2D eigenvalue weighted by molar-refractivity contribution is 6.11. The fourth-order valence-electron chi connectivity index (χ4n) is 3.54. The Bertz CT molecular complexity index is 998. The molecule has 4 rings (SSSR count). The molecule has 0 radical (unpaired) electrons. The zero-order chi connectivity index (χ0) is 20.8. The molecule has 1 N–H and O–H groups in total. The van der Waals surface area contributed by atoms with Crippen LogP contribution in [0.3, 0.4) is 0 Å². The molecule has 0 unspecified atom stereocenters. The minimum Gasteiger partial charge on any atom is -0.494 e. The molecule has 0 aliphatic carbocycles. The van der Waals surface area contributed by atoms with Crippen molar-refractivity contribution in [1.29, 1.82) is 0 Å². The second kappa shape index (κ2) is 9.31. The molecule has 0 spiro atoms. The number of para-hydroxylation sites is 2. The van der Waals surface area contributed by atoms with Crippen LogP contribution in [0, 0.1) is 0 Å². The van der Waals surface area contributed by atoms with Crippen molar-refractivity contribution in [3.8, 4) is 5.75 Å². The molecule has 0 saturated carbocycles. The van der Waals surface area contributed by atoms with Crippen molar-refractivity contribution < 1.29 is 9.53 Å². The van der Waals surface area contributed by atoms with Gasteiger partial charge in [0, 0.05) is 11.4 Å². The zero-order valence-electron chi connectivity index (χ0n) is 17.1. The summed E-state index contributed by atoms with van der Waals surface area (Å²) in [7, 11) is 0.